The highest BCUT2D eigenvalue weighted by Crippen LogP contribution is 2.19. The van der Waals surface area contributed by atoms with Gasteiger partial charge in [-0.2, -0.15) is 0 Å². The van der Waals surface area contributed by atoms with Gasteiger partial charge < -0.3 is 0 Å². The minimum absolute atomic E-state index is 0.807. The number of rotatable bonds is 5. The van der Waals surface area contributed by atoms with Crippen LogP contribution in [0.15, 0.2) is 29.7 Å². The molecule has 2 rings (SSSR count). The van der Waals surface area contributed by atoms with Crippen molar-refractivity contribution in [2.75, 3.05) is 5.75 Å². The quantitative estimate of drug-likeness (QED) is 0.638. The lowest BCUT2D eigenvalue weighted by atomic mass is 10.3. The molecular weight excluding hydrogens is 220 g/mol. The van der Waals surface area contributed by atoms with Gasteiger partial charge in [0.1, 0.15) is 0 Å². The number of hydrogen-bond donors (Lipinski definition) is 1. The Bertz CT molecular complexity index is 427. The maximum atomic E-state index is 4.42. The van der Waals surface area contributed by atoms with Crippen LogP contribution in [0.1, 0.15) is 19.8 Å². The van der Waals surface area contributed by atoms with Crippen molar-refractivity contribution in [2.45, 2.75) is 24.9 Å². The Morgan fingerprint density at radius 1 is 1.31 bits per heavy atom. The van der Waals surface area contributed by atoms with Crippen LogP contribution in [0, 0.1) is 0 Å². The number of nitrogens with one attached hydrogen (secondary N) is 1. The number of nitrogens with zero attached hydrogens (tertiary/aromatic N) is 3. The highest BCUT2D eigenvalue weighted by atomic mass is 32.2. The molecule has 5 heteroatoms. The molecular formula is C11H14N4S. The Hall–Kier alpha value is -1.36. The third-order valence-corrected chi connectivity index (χ3v) is 3.08. The Morgan fingerprint density at radius 3 is 2.88 bits per heavy atom. The van der Waals surface area contributed by atoms with Crippen molar-refractivity contribution in [3.8, 4) is 11.4 Å². The molecule has 2 heterocycles. The molecule has 2 aromatic heterocycles. The molecule has 0 amide bonds. The summed E-state index contributed by atoms with van der Waals surface area (Å²) in [5.74, 6) is 1.88. The van der Waals surface area contributed by atoms with Crippen molar-refractivity contribution in [1.29, 1.82) is 0 Å². The number of aromatic amines is 1. The van der Waals surface area contributed by atoms with Crippen LogP contribution in [0.5, 0.6) is 0 Å². The monoisotopic (exact) mass is 234 g/mol. The lowest BCUT2D eigenvalue weighted by molar-refractivity contribution is 0.889. The van der Waals surface area contributed by atoms with Crippen molar-refractivity contribution in [3.63, 3.8) is 0 Å². The van der Waals surface area contributed by atoms with Gasteiger partial charge in [-0.05, 0) is 18.6 Å². The zero-order chi connectivity index (χ0) is 11.2. The second kappa shape index (κ2) is 5.65. The normalized spacial score (nSPS) is 10.6. The van der Waals surface area contributed by atoms with E-state index in [0.717, 1.165) is 22.3 Å². The van der Waals surface area contributed by atoms with Crippen molar-refractivity contribution in [1.82, 2.24) is 20.2 Å². The molecule has 0 saturated heterocycles. The number of pyridine rings is 1. The summed E-state index contributed by atoms with van der Waals surface area (Å²) in [7, 11) is 0. The maximum absolute atomic E-state index is 4.42. The summed E-state index contributed by atoms with van der Waals surface area (Å²) in [5, 5.41) is 7.93. The van der Waals surface area contributed by atoms with Crippen LogP contribution in [0.25, 0.3) is 11.4 Å². The van der Waals surface area contributed by atoms with E-state index in [1.807, 2.05) is 12.1 Å². The molecule has 16 heavy (non-hydrogen) atoms. The zero-order valence-electron chi connectivity index (χ0n) is 9.18. The molecule has 0 aliphatic heterocycles. The minimum atomic E-state index is 0.807. The van der Waals surface area contributed by atoms with E-state index in [9.17, 15) is 0 Å². The van der Waals surface area contributed by atoms with Crippen LogP contribution in [0.4, 0.5) is 0 Å². The third kappa shape index (κ3) is 2.82. The summed E-state index contributed by atoms with van der Waals surface area (Å²) in [6, 6.07) is 3.84. The van der Waals surface area contributed by atoms with E-state index in [1.54, 1.807) is 24.2 Å². The van der Waals surface area contributed by atoms with E-state index in [0.29, 0.717) is 0 Å². The Morgan fingerprint density at radius 2 is 2.12 bits per heavy atom. The molecule has 0 fully saturated rings. The van der Waals surface area contributed by atoms with Crippen molar-refractivity contribution in [2.24, 2.45) is 0 Å². The summed E-state index contributed by atoms with van der Waals surface area (Å²) in [6.07, 6.45) is 5.90. The molecule has 2 aromatic rings. The molecule has 0 unspecified atom stereocenters. The summed E-state index contributed by atoms with van der Waals surface area (Å²) in [6.45, 7) is 2.18. The SMILES string of the molecule is CCCCSc1n[nH]c(-c2ccncc2)n1. The fourth-order valence-electron chi connectivity index (χ4n) is 1.26. The van der Waals surface area contributed by atoms with Gasteiger partial charge in [0.2, 0.25) is 5.16 Å². The molecule has 0 bridgehead atoms. The molecule has 4 nitrogen and oxygen atoms in total. The maximum Gasteiger partial charge on any atom is 0.208 e. The smallest absolute Gasteiger partial charge is 0.208 e. The van der Waals surface area contributed by atoms with Crippen LogP contribution in [0.3, 0.4) is 0 Å². The summed E-state index contributed by atoms with van der Waals surface area (Å²) in [5.41, 5.74) is 1.02. The van der Waals surface area contributed by atoms with E-state index < -0.39 is 0 Å². The summed E-state index contributed by atoms with van der Waals surface area (Å²) < 4.78 is 0. The first-order valence-electron chi connectivity index (χ1n) is 5.35. The van der Waals surface area contributed by atoms with Crippen LogP contribution in [-0.4, -0.2) is 25.9 Å². The second-order valence-electron chi connectivity index (χ2n) is 3.40. The third-order valence-electron chi connectivity index (χ3n) is 2.15. The molecule has 0 aliphatic rings. The number of hydrogen-bond acceptors (Lipinski definition) is 4. The number of unbranched alkanes of at least 4 members (excludes halogenated alkanes) is 1. The van der Waals surface area contributed by atoms with E-state index in [4.69, 9.17) is 0 Å². The van der Waals surface area contributed by atoms with Gasteiger partial charge in [0, 0.05) is 23.7 Å². The summed E-state index contributed by atoms with van der Waals surface area (Å²) >= 11 is 1.69. The second-order valence-corrected chi connectivity index (χ2v) is 4.47. The largest absolute Gasteiger partial charge is 0.265 e. The lowest BCUT2D eigenvalue weighted by Gasteiger charge is -1.93. The standard InChI is InChI=1S/C11H14N4S/c1-2-3-8-16-11-13-10(14-15-11)9-4-6-12-7-5-9/h4-7H,2-3,8H2,1H3,(H,13,14,15). The van der Waals surface area contributed by atoms with E-state index in [-0.39, 0.29) is 0 Å². The highest BCUT2D eigenvalue weighted by molar-refractivity contribution is 7.99. The van der Waals surface area contributed by atoms with Crippen LogP contribution >= 0.6 is 11.8 Å². The topological polar surface area (TPSA) is 54.5 Å². The first-order chi connectivity index (χ1) is 7.90. The molecule has 1 N–H and O–H groups in total. The fraction of sp³-hybridized carbons (Fsp3) is 0.364. The molecule has 0 saturated carbocycles. The summed E-state index contributed by atoms with van der Waals surface area (Å²) in [4.78, 5) is 8.39. The Kier molecular flexibility index (Phi) is 3.93. The molecule has 0 atom stereocenters. The van der Waals surface area contributed by atoms with Crippen LogP contribution in [-0.2, 0) is 0 Å². The molecule has 84 valence electrons. The van der Waals surface area contributed by atoms with Gasteiger partial charge in [0.15, 0.2) is 5.82 Å². The Labute approximate surface area is 98.9 Å². The van der Waals surface area contributed by atoms with Gasteiger partial charge >= 0.3 is 0 Å². The van der Waals surface area contributed by atoms with Gasteiger partial charge in [-0.15, -0.1) is 5.10 Å². The van der Waals surface area contributed by atoms with Gasteiger partial charge in [-0.1, -0.05) is 25.1 Å². The fourth-order valence-corrected chi connectivity index (χ4v) is 2.14. The first kappa shape index (κ1) is 11.1. The molecule has 0 aromatic carbocycles. The zero-order valence-corrected chi connectivity index (χ0v) is 10.00. The van der Waals surface area contributed by atoms with Gasteiger partial charge in [0.05, 0.1) is 0 Å². The van der Waals surface area contributed by atoms with Gasteiger partial charge in [0.25, 0.3) is 0 Å². The Balaban J connectivity index is 2.02. The lowest BCUT2D eigenvalue weighted by Crippen LogP contribution is -1.81. The predicted molar refractivity (Wildman–Crippen MR) is 65.2 cm³/mol. The molecule has 0 aliphatic carbocycles. The number of H-pyrrole nitrogens is 1. The predicted octanol–water partition coefficient (Wildman–Crippen LogP) is 2.76. The molecule has 0 radical (unpaired) electrons. The first-order valence-corrected chi connectivity index (χ1v) is 6.34. The van der Waals surface area contributed by atoms with Crippen molar-refractivity contribution in [3.05, 3.63) is 24.5 Å². The van der Waals surface area contributed by atoms with Gasteiger partial charge in [-0.25, -0.2) is 4.98 Å². The van der Waals surface area contributed by atoms with E-state index in [2.05, 4.69) is 27.1 Å². The van der Waals surface area contributed by atoms with Crippen molar-refractivity contribution < 1.29 is 0 Å². The van der Waals surface area contributed by atoms with Crippen LogP contribution < -0.4 is 0 Å². The van der Waals surface area contributed by atoms with Gasteiger partial charge in [-0.3, -0.25) is 10.1 Å². The average molecular weight is 234 g/mol. The minimum Gasteiger partial charge on any atom is -0.265 e. The average Bonchev–Trinajstić information content (AvgIpc) is 2.79. The number of thioether (sulfide) groups is 1. The highest BCUT2D eigenvalue weighted by Gasteiger charge is 2.04. The molecule has 0 spiro atoms. The number of aromatic nitrogens is 4. The van der Waals surface area contributed by atoms with Crippen molar-refractivity contribution >= 4 is 11.8 Å². The van der Waals surface area contributed by atoms with Crippen LogP contribution in [0.2, 0.25) is 0 Å². The van der Waals surface area contributed by atoms with E-state index in [1.165, 1.54) is 12.8 Å². The van der Waals surface area contributed by atoms with E-state index >= 15 is 0 Å².